The summed E-state index contributed by atoms with van der Waals surface area (Å²) in [6.07, 6.45) is 3.83. The number of hydrogen-bond acceptors (Lipinski definition) is 5. The molecule has 0 bridgehead atoms. The SMILES string of the molecule is C/C=C/COc1nnc(CN)s1. The van der Waals surface area contributed by atoms with Crippen LogP contribution < -0.4 is 10.5 Å². The van der Waals surface area contributed by atoms with Gasteiger partial charge in [0.15, 0.2) is 0 Å². The Morgan fingerprint density at radius 2 is 2.42 bits per heavy atom. The van der Waals surface area contributed by atoms with Crippen molar-refractivity contribution < 1.29 is 4.74 Å². The summed E-state index contributed by atoms with van der Waals surface area (Å²) in [4.78, 5) is 0. The summed E-state index contributed by atoms with van der Waals surface area (Å²) in [5.74, 6) is 0. The first kappa shape index (κ1) is 9.15. The molecular formula is C7H11N3OS. The zero-order chi connectivity index (χ0) is 8.81. The molecule has 1 aromatic rings. The van der Waals surface area contributed by atoms with Gasteiger partial charge >= 0.3 is 0 Å². The third kappa shape index (κ3) is 2.60. The predicted octanol–water partition coefficient (Wildman–Crippen LogP) is 0.952. The van der Waals surface area contributed by atoms with E-state index in [4.69, 9.17) is 10.5 Å². The van der Waals surface area contributed by atoms with E-state index < -0.39 is 0 Å². The normalized spacial score (nSPS) is 10.8. The van der Waals surface area contributed by atoms with Gasteiger partial charge in [0.1, 0.15) is 11.6 Å². The van der Waals surface area contributed by atoms with E-state index in [-0.39, 0.29) is 0 Å². The zero-order valence-corrected chi connectivity index (χ0v) is 7.67. The number of hydrogen-bond donors (Lipinski definition) is 1. The number of nitrogens with zero attached hydrogens (tertiary/aromatic N) is 2. The molecule has 1 heterocycles. The van der Waals surface area contributed by atoms with Gasteiger partial charge in [0.2, 0.25) is 0 Å². The van der Waals surface area contributed by atoms with Crippen molar-refractivity contribution in [3.8, 4) is 5.19 Å². The maximum Gasteiger partial charge on any atom is 0.294 e. The molecule has 1 aromatic heterocycles. The lowest BCUT2D eigenvalue weighted by Gasteiger charge is -1.93. The summed E-state index contributed by atoms with van der Waals surface area (Å²) in [5, 5.41) is 8.97. The second-order valence-electron chi connectivity index (χ2n) is 2.05. The van der Waals surface area contributed by atoms with Gasteiger partial charge in [-0.3, -0.25) is 0 Å². The smallest absolute Gasteiger partial charge is 0.294 e. The van der Waals surface area contributed by atoms with E-state index in [1.807, 2.05) is 19.1 Å². The first-order valence-electron chi connectivity index (χ1n) is 3.63. The molecule has 2 N–H and O–H groups in total. The molecule has 12 heavy (non-hydrogen) atoms. The number of rotatable bonds is 4. The summed E-state index contributed by atoms with van der Waals surface area (Å²) >= 11 is 1.38. The fourth-order valence-electron chi connectivity index (χ4n) is 0.595. The van der Waals surface area contributed by atoms with Crippen molar-refractivity contribution in [3.63, 3.8) is 0 Å². The third-order valence-corrected chi connectivity index (χ3v) is 2.02. The van der Waals surface area contributed by atoms with Crippen LogP contribution >= 0.6 is 11.3 Å². The number of nitrogens with two attached hydrogens (primary N) is 1. The van der Waals surface area contributed by atoms with E-state index in [9.17, 15) is 0 Å². The third-order valence-electron chi connectivity index (χ3n) is 1.16. The Hall–Kier alpha value is -0.940. The number of allylic oxidation sites excluding steroid dienone is 1. The molecule has 0 fully saturated rings. The van der Waals surface area contributed by atoms with E-state index >= 15 is 0 Å². The fraction of sp³-hybridized carbons (Fsp3) is 0.429. The molecule has 1 rings (SSSR count). The first-order chi connectivity index (χ1) is 5.86. The van der Waals surface area contributed by atoms with Crippen LogP contribution in [0.25, 0.3) is 0 Å². The van der Waals surface area contributed by atoms with Gasteiger partial charge in [0.05, 0.1) is 0 Å². The van der Waals surface area contributed by atoms with Gasteiger partial charge in [0, 0.05) is 6.54 Å². The highest BCUT2D eigenvalue weighted by molar-refractivity contribution is 7.13. The molecule has 0 radical (unpaired) electrons. The minimum absolute atomic E-state index is 0.421. The molecule has 0 saturated heterocycles. The second kappa shape index (κ2) is 4.84. The molecule has 66 valence electrons. The molecule has 0 aromatic carbocycles. The highest BCUT2D eigenvalue weighted by Crippen LogP contribution is 2.16. The van der Waals surface area contributed by atoms with E-state index in [1.165, 1.54) is 11.3 Å². The van der Waals surface area contributed by atoms with E-state index in [1.54, 1.807) is 0 Å². The molecule has 0 aliphatic heterocycles. The molecular weight excluding hydrogens is 174 g/mol. The molecule has 5 heteroatoms. The molecule has 0 aliphatic rings. The quantitative estimate of drug-likeness (QED) is 0.709. The van der Waals surface area contributed by atoms with Gasteiger partial charge in [-0.2, -0.15) is 0 Å². The van der Waals surface area contributed by atoms with Crippen LogP contribution in [0.1, 0.15) is 11.9 Å². The Kier molecular flexibility index (Phi) is 3.69. The lowest BCUT2D eigenvalue weighted by molar-refractivity contribution is 0.357. The molecule has 0 aliphatic carbocycles. The lowest BCUT2D eigenvalue weighted by atomic mass is 10.6. The molecule has 4 nitrogen and oxygen atoms in total. The van der Waals surface area contributed by atoms with Crippen LogP contribution in [0.15, 0.2) is 12.2 Å². The zero-order valence-electron chi connectivity index (χ0n) is 6.86. The van der Waals surface area contributed by atoms with Crippen LogP contribution in [0.3, 0.4) is 0 Å². The van der Waals surface area contributed by atoms with E-state index in [0.717, 1.165) is 5.01 Å². The van der Waals surface area contributed by atoms with Crippen molar-refractivity contribution in [2.75, 3.05) is 6.61 Å². The van der Waals surface area contributed by atoms with Crippen LogP contribution in [0.5, 0.6) is 5.19 Å². The Labute approximate surface area is 75.1 Å². The average Bonchev–Trinajstić information content (AvgIpc) is 2.53. The Balaban J connectivity index is 2.41. The van der Waals surface area contributed by atoms with Crippen molar-refractivity contribution in [1.29, 1.82) is 0 Å². The van der Waals surface area contributed by atoms with Crippen molar-refractivity contribution in [1.82, 2.24) is 10.2 Å². The number of ether oxygens (including phenoxy) is 1. The Morgan fingerprint density at radius 3 is 3.00 bits per heavy atom. The summed E-state index contributed by atoms with van der Waals surface area (Å²) in [5.41, 5.74) is 5.36. The van der Waals surface area contributed by atoms with Gasteiger partial charge in [-0.05, 0) is 6.92 Å². The van der Waals surface area contributed by atoms with Gasteiger partial charge in [-0.15, -0.1) is 5.10 Å². The van der Waals surface area contributed by atoms with Crippen LogP contribution in [-0.4, -0.2) is 16.8 Å². The van der Waals surface area contributed by atoms with E-state index in [2.05, 4.69) is 10.2 Å². The van der Waals surface area contributed by atoms with Gasteiger partial charge in [0.25, 0.3) is 5.19 Å². The van der Waals surface area contributed by atoms with Crippen molar-refractivity contribution in [2.24, 2.45) is 5.73 Å². The van der Waals surface area contributed by atoms with E-state index in [0.29, 0.717) is 18.3 Å². The summed E-state index contributed by atoms with van der Waals surface area (Å²) in [7, 11) is 0. The first-order valence-corrected chi connectivity index (χ1v) is 4.45. The lowest BCUT2D eigenvalue weighted by Crippen LogP contribution is -1.94. The highest BCUT2D eigenvalue weighted by Gasteiger charge is 2.00. The maximum atomic E-state index is 5.36. The standard InChI is InChI=1S/C7H11N3OS/c1-2-3-4-11-7-10-9-6(5-8)12-7/h2-3H,4-5,8H2,1H3/b3-2+. The summed E-state index contributed by atoms with van der Waals surface area (Å²) in [6.45, 7) is 2.90. The average molecular weight is 185 g/mol. The topological polar surface area (TPSA) is 61.0 Å². The second-order valence-corrected chi connectivity index (χ2v) is 3.07. The highest BCUT2D eigenvalue weighted by atomic mass is 32.1. The fourth-order valence-corrected chi connectivity index (χ4v) is 1.17. The molecule has 0 saturated carbocycles. The van der Waals surface area contributed by atoms with Crippen LogP contribution in [0, 0.1) is 0 Å². The summed E-state index contributed by atoms with van der Waals surface area (Å²) < 4.78 is 5.23. The van der Waals surface area contributed by atoms with Crippen molar-refractivity contribution >= 4 is 11.3 Å². The maximum absolute atomic E-state index is 5.36. The number of aromatic nitrogens is 2. The van der Waals surface area contributed by atoms with Crippen LogP contribution in [-0.2, 0) is 6.54 Å². The largest absolute Gasteiger partial charge is 0.465 e. The summed E-state index contributed by atoms with van der Waals surface area (Å²) in [6, 6.07) is 0. The molecule has 0 spiro atoms. The molecule has 0 unspecified atom stereocenters. The van der Waals surface area contributed by atoms with Crippen LogP contribution in [0.2, 0.25) is 0 Å². The van der Waals surface area contributed by atoms with Crippen molar-refractivity contribution in [3.05, 3.63) is 17.2 Å². The predicted molar refractivity (Wildman–Crippen MR) is 48.1 cm³/mol. The van der Waals surface area contributed by atoms with Gasteiger partial charge < -0.3 is 10.5 Å². The van der Waals surface area contributed by atoms with Gasteiger partial charge in [-0.25, -0.2) is 0 Å². The molecule has 0 atom stereocenters. The Morgan fingerprint density at radius 1 is 1.58 bits per heavy atom. The minimum atomic E-state index is 0.421. The minimum Gasteiger partial charge on any atom is -0.465 e. The Bertz CT molecular complexity index is 259. The molecule has 0 amide bonds. The van der Waals surface area contributed by atoms with Crippen molar-refractivity contribution in [2.45, 2.75) is 13.5 Å². The van der Waals surface area contributed by atoms with Gasteiger partial charge in [-0.1, -0.05) is 28.6 Å². The monoisotopic (exact) mass is 185 g/mol. The van der Waals surface area contributed by atoms with Crippen LogP contribution in [0.4, 0.5) is 0 Å².